The van der Waals surface area contributed by atoms with Crippen LogP contribution in [0.4, 0.5) is 0 Å². The monoisotopic (exact) mass is 572 g/mol. The quantitative estimate of drug-likeness (QED) is 0.242. The van der Waals surface area contributed by atoms with E-state index in [1.165, 1.54) is 89.9 Å². The second kappa shape index (κ2) is 21.9. The van der Waals surface area contributed by atoms with Crippen molar-refractivity contribution in [1.29, 1.82) is 0 Å². The summed E-state index contributed by atoms with van der Waals surface area (Å²) in [5, 5.41) is 0. The number of aryl methyl sites for hydroxylation is 6. The predicted octanol–water partition coefficient (Wildman–Crippen LogP) is 8.08. The van der Waals surface area contributed by atoms with Gasteiger partial charge in [-0.15, -0.1) is 24.8 Å². The Labute approximate surface area is 229 Å². The van der Waals surface area contributed by atoms with Crippen molar-refractivity contribution < 1.29 is 23.3 Å². The third kappa shape index (κ3) is 12.2. The summed E-state index contributed by atoms with van der Waals surface area (Å²) in [6.07, 6.45) is 18.9. The molecular formula is C28H48Cl2SiZr-4. The standard InChI is InChI=1S/2C13H19.2CH3.2ClH.H2Si.Zr/c2*1-2-3-6-11-9-12-7-4-5-8-13(12)10-11;;;;;;/h2*9-10H,2-8H2,1H3;2*1H3;2*1H;1H2;/q4*-1;;;;. The summed E-state index contributed by atoms with van der Waals surface area (Å²) < 4.78 is 0. The molecule has 0 saturated heterocycles. The molecule has 2 aliphatic rings. The Morgan fingerprint density at radius 3 is 1.34 bits per heavy atom. The Kier molecular flexibility index (Phi) is 25.3. The van der Waals surface area contributed by atoms with Gasteiger partial charge in [-0.3, -0.25) is 0 Å². The summed E-state index contributed by atoms with van der Waals surface area (Å²) in [5.74, 6) is 0. The molecule has 0 N–H and O–H groups in total. The molecule has 0 saturated carbocycles. The molecule has 2 aromatic carbocycles. The molecule has 0 amide bonds. The van der Waals surface area contributed by atoms with Crippen LogP contribution in [-0.2, 0) is 61.9 Å². The van der Waals surface area contributed by atoms with Gasteiger partial charge in [0.05, 0.1) is 0 Å². The predicted molar refractivity (Wildman–Crippen MR) is 150 cm³/mol. The molecule has 0 aromatic heterocycles. The van der Waals surface area contributed by atoms with Crippen LogP contribution in [0.5, 0.6) is 0 Å². The summed E-state index contributed by atoms with van der Waals surface area (Å²) in [4.78, 5) is 0. The summed E-state index contributed by atoms with van der Waals surface area (Å²) in [6, 6.07) is 9.79. The van der Waals surface area contributed by atoms with E-state index < -0.39 is 0 Å². The fraction of sp³-hybridized carbons (Fsp3) is 0.571. The van der Waals surface area contributed by atoms with E-state index in [4.69, 9.17) is 0 Å². The number of rotatable bonds is 6. The number of fused-ring (bicyclic) bond motifs is 2. The molecule has 0 bridgehead atoms. The molecule has 0 unspecified atom stereocenters. The van der Waals surface area contributed by atoms with Gasteiger partial charge in [-0.1, -0.05) is 104 Å². The van der Waals surface area contributed by atoms with Crippen molar-refractivity contribution in [2.45, 2.75) is 104 Å². The van der Waals surface area contributed by atoms with E-state index in [-0.39, 0.29) is 39.7 Å². The Hall–Kier alpha value is 0.380. The fourth-order valence-corrected chi connectivity index (χ4v) is 4.59. The first-order valence-electron chi connectivity index (χ1n) is 11.7. The average molecular weight is 575 g/mol. The van der Waals surface area contributed by atoms with Gasteiger partial charge in [-0.25, -0.2) is 12.1 Å². The summed E-state index contributed by atoms with van der Waals surface area (Å²) >= 11 is 1.58. The van der Waals surface area contributed by atoms with Crippen LogP contribution in [-0.4, -0.2) is 6.88 Å². The van der Waals surface area contributed by atoms with Crippen molar-refractivity contribution in [3.63, 3.8) is 0 Å². The third-order valence-corrected chi connectivity index (χ3v) is 6.19. The number of hydrogen-bond donors (Lipinski definition) is 0. The minimum atomic E-state index is 0. The van der Waals surface area contributed by atoms with Crippen LogP contribution in [0.2, 0.25) is 0 Å². The van der Waals surface area contributed by atoms with Crippen LogP contribution < -0.4 is 0 Å². The SMILES string of the molecule is CCCCc1cc2c([cH-]1)CCCC2.CCCCc1cc2c([cH-]1)CCCC2.Cl.Cl.[CH3-].[CH3-].[SiH2]=[Zr]. The van der Waals surface area contributed by atoms with Crippen LogP contribution in [0.3, 0.4) is 0 Å². The molecule has 4 heteroatoms. The van der Waals surface area contributed by atoms with Gasteiger partial charge in [0.1, 0.15) is 0 Å². The van der Waals surface area contributed by atoms with Gasteiger partial charge in [0.2, 0.25) is 0 Å². The molecule has 0 spiro atoms. The number of halogens is 2. The second-order valence-electron chi connectivity index (χ2n) is 8.45. The van der Waals surface area contributed by atoms with Gasteiger partial charge >= 0.3 is 30.2 Å². The van der Waals surface area contributed by atoms with Crippen LogP contribution >= 0.6 is 24.8 Å². The molecule has 0 heterocycles. The van der Waals surface area contributed by atoms with Crippen LogP contribution in [0.25, 0.3) is 0 Å². The van der Waals surface area contributed by atoms with E-state index in [1.807, 2.05) is 6.88 Å². The van der Waals surface area contributed by atoms with Gasteiger partial charge in [-0.05, 0) is 0 Å². The molecule has 0 fully saturated rings. The van der Waals surface area contributed by atoms with E-state index >= 15 is 0 Å². The first-order valence-corrected chi connectivity index (χ1v) is 17.6. The van der Waals surface area contributed by atoms with E-state index in [1.54, 1.807) is 56.7 Å². The summed E-state index contributed by atoms with van der Waals surface area (Å²) in [5.41, 5.74) is 9.78. The third-order valence-electron chi connectivity index (χ3n) is 6.19. The summed E-state index contributed by atoms with van der Waals surface area (Å²) in [7, 11) is 0. The molecule has 2 aromatic rings. The fourth-order valence-electron chi connectivity index (χ4n) is 4.59. The van der Waals surface area contributed by atoms with E-state index in [2.05, 4.69) is 38.1 Å². The Morgan fingerprint density at radius 1 is 0.688 bits per heavy atom. The zero-order valence-corrected chi connectivity index (χ0v) is 26.7. The van der Waals surface area contributed by atoms with Gasteiger partial charge in [0.15, 0.2) is 0 Å². The van der Waals surface area contributed by atoms with Crippen LogP contribution in [0.15, 0.2) is 24.3 Å². The zero-order valence-electron chi connectivity index (χ0n) is 21.2. The molecule has 4 rings (SSSR count). The molecule has 0 radical (unpaired) electrons. The molecule has 32 heavy (non-hydrogen) atoms. The van der Waals surface area contributed by atoms with Gasteiger partial charge in [0.25, 0.3) is 0 Å². The minimum absolute atomic E-state index is 0. The molecule has 186 valence electrons. The number of hydrogen-bond acceptors (Lipinski definition) is 0. The first-order chi connectivity index (χ1) is 13.8. The molecule has 2 aliphatic carbocycles. The molecule has 0 atom stereocenters. The normalized spacial score (nSPS) is 12.9. The van der Waals surface area contributed by atoms with Crippen molar-refractivity contribution in [3.05, 3.63) is 72.5 Å². The Morgan fingerprint density at radius 2 is 1.03 bits per heavy atom. The maximum atomic E-state index is 2.45. The van der Waals surface area contributed by atoms with Crippen molar-refractivity contribution in [1.82, 2.24) is 0 Å². The Bertz CT molecular complexity index is 584. The molecule has 0 nitrogen and oxygen atoms in total. The second-order valence-corrected chi connectivity index (χ2v) is 8.45. The first kappa shape index (κ1) is 36.9. The van der Waals surface area contributed by atoms with Gasteiger partial charge in [0, 0.05) is 0 Å². The van der Waals surface area contributed by atoms with Crippen molar-refractivity contribution in [2.75, 3.05) is 0 Å². The topological polar surface area (TPSA) is 0 Å². The van der Waals surface area contributed by atoms with E-state index in [0.717, 1.165) is 0 Å². The Balaban J connectivity index is -0.000000437. The summed E-state index contributed by atoms with van der Waals surface area (Å²) in [6.45, 7) is 6.48. The number of unbranched alkanes of at least 4 members (excludes halogenated alkanes) is 2. The van der Waals surface area contributed by atoms with E-state index in [9.17, 15) is 0 Å². The average Bonchev–Trinajstić information content (AvgIpc) is 3.35. The molecular weight excluding hydrogens is 527 g/mol. The van der Waals surface area contributed by atoms with Crippen molar-refractivity contribution >= 4 is 31.7 Å². The van der Waals surface area contributed by atoms with Crippen molar-refractivity contribution in [2.24, 2.45) is 0 Å². The van der Waals surface area contributed by atoms with E-state index in [0.29, 0.717) is 0 Å². The van der Waals surface area contributed by atoms with Gasteiger partial charge in [-0.2, -0.15) is 45.5 Å². The molecule has 0 aliphatic heterocycles. The van der Waals surface area contributed by atoms with Crippen LogP contribution in [0.1, 0.15) is 98.6 Å². The van der Waals surface area contributed by atoms with Gasteiger partial charge < -0.3 is 14.9 Å². The maximum absolute atomic E-state index is 2.45. The van der Waals surface area contributed by atoms with Crippen molar-refractivity contribution in [3.8, 4) is 0 Å². The van der Waals surface area contributed by atoms with Crippen LogP contribution in [0, 0.1) is 14.9 Å². The zero-order chi connectivity index (χ0) is 20.2.